The van der Waals surface area contributed by atoms with E-state index in [1.165, 1.54) is 32.1 Å². The highest BCUT2D eigenvalue weighted by atomic mass is 16.2. The van der Waals surface area contributed by atoms with Gasteiger partial charge in [0.25, 0.3) is 0 Å². The topological polar surface area (TPSA) is 50.6 Å². The van der Waals surface area contributed by atoms with Crippen molar-refractivity contribution >= 4 is 5.91 Å². The van der Waals surface area contributed by atoms with Crippen LogP contribution in [-0.2, 0) is 4.79 Å². The van der Waals surface area contributed by atoms with Gasteiger partial charge < -0.3 is 9.80 Å². The third kappa shape index (κ3) is 3.22. The number of hydrogen-bond donors (Lipinski definition) is 0. The van der Waals surface area contributed by atoms with Crippen molar-refractivity contribution in [3.05, 3.63) is 0 Å². The van der Waals surface area contributed by atoms with Crippen molar-refractivity contribution < 1.29 is 4.79 Å². The lowest BCUT2D eigenvalue weighted by Gasteiger charge is -2.46. The van der Waals surface area contributed by atoms with E-state index in [-0.39, 0.29) is 11.9 Å². The van der Waals surface area contributed by atoms with Gasteiger partial charge in [-0.25, -0.2) is 0 Å². The standard InChI is InChI=1S/C17H28N4O/c1-14(15-5-3-2-4-6-15)11-21-10-9-20-8-7-19(13-18)12-16(20)17(21)22/h14-16H,2-12H2,1H3/t14?,16-/m1/s1. The third-order valence-corrected chi connectivity index (χ3v) is 5.85. The first kappa shape index (κ1) is 15.6. The summed E-state index contributed by atoms with van der Waals surface area (Å²) in [5.74, 6) is 1.64. The first-order valence-electron chi connectivity index (χ1n) is 8.86. The second kappa shape index (κ2) is 6.87. The van der Waals surface area contributed by atoms with E-state index in [9.17, 15) is 4.79 Å². The van der Waals surface area contributed by atoms with Crippen LogP contribution in [0.15, 0.2) is 0 Å². The zero-order valence-electron chi connectivity index (χ0n) is 13.7. The first-order chi connectivity index (χ1) is 10.7. The van der Waals surface area contributed by atoms with Gasteiger partial charge in [0.1, 0.15) is 6.04 Å². The minimum atomic E-state index is -0.0966. The molecule has 2 saturated heterocycles. The van der Waals surface area contributed by atoms with Gasteiger partial charge in [-0.1, -0.05) is 39.0 Å². The predicted molar refractivity (Wildman–Crippen MR) is 84.9 cm³/mol. The van der Waals surface area contributed by atoms with E-state index in [1.807, 2.05) is 0 Å². The highest BCUT2D eigenvalue weighted by Gasteiger charge is 2.39. The van der Waals surface area contributed by atoms with Gasteiger partial charge in [-0.2, -0.15) is 5.26 Å². The van der Waals surface area contributed by atoms with Crippen molar-refractivity contribution in [3.63, 3.8) is 0 Å². The molecular formula is C17H28N4O. The lowest BCUT2D eigenvalue weighted by Crippen LogP contribution is -2.64. The second-order valence-corrected chi connectivity index (χ2v) is 7.26. The van der Waals surface area contributed by atoms with Crippen LogP contribution in [0.4, 0.5) is 0 Å². The molecule has 1 amide bonds. The molecule has 0 N–H and O–H groups in total. The van der Waals surface area contributed by atoms with Crippen LogP contribution >= 0.6 is 0 Å². The van der Waals surface area contributed by atoms with E-state index in [0.29, 0.717) is 12.5 Å². The number of carbonyl (C=O) groups excluding carboxylic acids is 1. The third-order valence-electron chi connectivity index (χ3n) is 5.85. The fourth-order valence-corrected chi connectivity index (χ4v) is 4.36. The van der Waals surface area contributed by atoms with Crippen LogP contribution in [0.1, 0.15) is 39.0 Å². The minimum absolute atomic E-state index is 0.0966. The fraction of sp³-hybridized carbons (Fsp3) is 0.882. The maximum atomic E-state index is 12.8. The van der Waals surface area contributed by atoms with E-state index < -0.39 is 0 Å². The monoisotopic (exact) mass is 304 g/mol. The zero-order valence-corrected chi connectivity index (χ0v) is 13.7. The molecule has 0 aromatic heterocycles. The number of hydrogen-bond acceptors (Lipinski definition) is 4. The van der Waals surface area contributed by atoms with E-state index in [0.717, 1.165) is 38.6 Å². The SMILES string of the molecule is CC(CN1CCN2CCN(C#N)C[C@@H]2C1=O)C1CCCCC1. The summed E-state index contributed by atoms with van der Waals surface area (Å²) >= 11 is 0. The van der Waals surface area contributed by atoms with Crippen LogP contribution in [0.5, 0.6) is 0 Å². The van der Waals surface area contributed by atoms with Gasteiger partial charge in [0, 0.05) is 32.7 Å². The molecule has 0 aromatic rings. The van der Waals surface area contributed by atoms with Crippen molar-refractivity contribution in [2.24, 2.45) is 11.8 Å². The zero-order chi connectivity index (χ0) is 15.5. The number of piperazine rings is 2. The number of rotatable bonds is 3. The lowest BCUT2D eigenvalue weighted by molar-refractivity contribution is -0.145. The number of amides is 1. The van der Waals surface area contributed by atoms with E-state index in [1.54, 1.807) is 4.90 Å². The molecule has 0 radical (unpaired) electrons. The van der Waals surface area contributed by atoms with Gasteiger partial charge in [0.05, 0.1) is 6.54 Å². The molecule has 2 atom stereocenters. The van der Waals surface area contributed by atoms with Crippen LogP contribution in [0.25, 0.3) is 0 Å². The Morgan fingerprint density at radius 2 is 1.91 bits per heavy atom. The molecule has 0 aromatic carbocycles. The molecule has 1 aliphatic carbocycles. The summed E-state index contributed by atoms with van der Waals surface area (Å²) in [5, 5.41) is 9.08. The van der Waals surface area contributed by atoms with Crippen molar-refractivity contribution in [3.8, 4) is 6.19 Å². The number of nitriles is 1. The summed E-state index contributed by atoms with van der Waals surface area (Å²) in [6.07, 6.45) is 8.97. The molecule has 0 spiro atoms. The molecule has 2 aliphatic heterocycles. The largest absolute Gasteiger partial charge is 0.340 e. The van der Waals surface area contributed by atoms with Gasteiger partial charge in [-0.15, -0.1) is 0 Å². The average molecular weight is 304 g/mol. The van der Waals surface area contributed by atoms with Gasteiger partial charge >= 0.3 is 0 Å². The Labute approximate surface area is 133 Å². The molecule has 1 saturated carbocycles. The van der Waals surface area contributed by atoms with E-state index in [2.05, 4.69) is 22.9 Å². The van der Waals surface area contributed by atoms with Gasteiger partial charge in [0.15, 0.2) is 6.19 Å². The van der Waals surface area contributed by atoms with Gasteiger partial charge in [0.2, 0.25) is 5.91 Å². The molecule has 1 unspecified atom stereocenters. The summed E-state index contributed by atoms with van der Waals surface area (Å²) in [5.41, 5.74) is 0. The van der Waals surface area contributed by atoms with Gasteiger partial charge in [-0.3, -0.25) is 9.69 Å². The maximum absolute atomic E-state index is 12.8. The smallest absolute Gasteiger partial charge is 0.241 e. The highest BCUT2D eigenvalue weighted by molar-refractivity contribution is 5.83. The Hall–Kier alpha value is -1.28. The summed E-state index contributed by atoms with van der Waals surface area (Å²) in [4.78, 5) is 18.8. The maximum Gasteiger partial charge on any atom is 0.241 e. The Kier molecular flexibility index (Phi) is 4.87. The molecule has 3 fully saturated rings. The van der Waals surface area contributed by atoms with Crippen molar-refractivity contribution in [1.29, 1.82) is 5.26 Å². The molecule has 22 heavy (non-hydrogen) atoms. The quantitative estimate of drug-likeness (QED) is 0.742. The Bertz CT molecular complexity index is 440. The molecule has 122 valence electrons. The van der Waals surface area contributed by atoms with Crippen LogP contribution in [0, 0.1) is 23.3 Å². The predicted octanol–water partition coefficient (Wildman–Crippen LogP) is 1.51. The Morgan fingerprint density at radius 3 is 2.64 bits per heavy atom. The molecule has 0 bridgehead atoms. The number of fused-ring (bicyclic) bond motifs is 1. The highest BCUT2D eigenvalue weighted by Crippen LogP contribution is 2.31. The van der Waals surface area contributed by atoms with Crippen molar-refractivity contribution in [1.82, 2.24) is 14.7 Å². The molecule has 5 nitrogen and oxygen atoms in total. The molecule has 2 heterocycles. The van der Waals surface area contributed by atoms with Crippen LogP contribution < -0.4 is 0 Å². The summed E-state index contributed by atoms with van der Waals surface area (Å²) in [6.45, 7) is 7.23. The molecular weight excluding hydrogens is 276 g/mol. The lowest BCUT2D eigenvalue weighted by atomic mass is 9.80. The van der Waals surface area contributed by atoms with Crippen molar-refractivity contribution in [2.45, 2.75) is 45.1 Å². The number of carbonyl (C=O) groups is 1. The summed E-state index contributed by atoms with van der Waals surface area (Å²) in [7, 11) is 0. The second-order valence-electron chi connectivity index (χ2n) is 7.26. The Morgan fingerprint density at radius 1 is 1.18 bits per heavy atom. The molecule has 3 aliphatic rings. The molecule has 5 heteroatoms. The first-order valence-corrected chi connectivity index (χ1v) is 8.86. The Balaban J connectivity index is 1.58. The molecule has 3 rings (SSSR count). The normalized spacial score (nSPS) is 29.1. The van der Waals surface area contributed by atoms with E-state index in [4.69, 9.17) is 5.26 Å². The van der Waals surface area contributed by atoms with Crippen LogP contribution in [0.2, 0.25) is 0 Å². The minimum Gasteiger partial charge on any atom is -0.340 e. The van der Waals surface area contributed by atoms with Crippen molar-refractivity contribution in [2.75, 3.05) is 39.3 Å². The summed E-state index contributed by atoms with van der Waals surface area (Å²) < 4.78 is 0. The summed E-state index contributed by atoms with van der Waals surface area (Å²) in [6, 6.07) is -0.0966. The average Bonchev–Trinajstić information content (AvgIpc) is 2.58. The van der Waals surface area contributed by atoms with Gasteiger partial charge in [-0.05, 0) is 11.8 Å². The van der Waals surface area contributed by atoms with Crippen LogP contribution in [0.3, 0.4) is 0 Å². The van der Waals surface area contributed by atoms with E-state index >= 15 is 0 Å². The number of nitrogens with zero attached hydrogens (tertiary/aromatic N) is 4. The fourth-order valence-electron chi connectivity index (χ4n) is 4.36. The van der Waals surface area contributed by atoms with Crippen LogP contribution in [-0.4, -0.2) is 65.9 Å².